The summed E-state index contributed by atoms with van der Waals surface area (Å²) in [6, 6.07) is 5.55. The minimum absolute atomic E-state index is 0.0126. The first kappa shape index (κ1) is 28.3. The van der Waals surface area contributed by atoms with Gasteiger partial charge in [-0.2, -0.15) is 0 Å². The van der Waals surface area contributed by atoms with E-state index < -0.39 is 5.82 Å². The third kappa shape index (κ3) is 7.14. The van der Waals surface area contributed by atoms with Gasteiger partial charge in [-0.1, -0.05) is 13.0 Å². The fourth-order valence-electron chi connectivity index (χ4n) is 3.09. The molecule has 0 spiro atoms. The number of hydrogen-bond acceptors (Lipinski definition) is 11. The van der Waals surface area contributed by atoms with Crippen LogP contribution in [0.3, 0.4) is 0 Å². The lowest BCUT2D eigenvalue weighted by Crippen LogP contribution is -2.08. The van der Waals surface area contributed by atoms with Gasteiger partial charge in [-0.15, -0.1) is 21.5 Å². The summed E-state index contributed by atoms with van der Waals surface area (Å²) in [5.41, 5.74) is 1.56. The summed E-state index contributed by atoms with van der Waals surface area (Å²) in [5, 5.41) is 11.4. The van der Waals surface area contributed by atoms with E-state index in [9.17, 15) is 4.39 Å². The van der Waals surface area contributed by atoms with Gasteiger partial charge < -0.3 is 14.2 Å². The Morgan fingerprint density at radius 3 is 2.30 bits per heavy atom. The molecule has 1 unspecified atom stereocenters. The van der Waals surface area contributed by atoms with Crippen LogP contribution in [-0.4, -0.2) is 63.4 Å². The number of nitrogens with one attached hydrogen (secondary N) is 1. The molecule has 0 amide bonds. The summed E-state index contributed by atoms with van der Waals surface area (Å²) in [6.45, 7) is 6.68. The molecule has 1 N–H and O–H groups in total. The van der Waals surface area contributed by atoms with Crippen molar-refractivity contribution < 1.29 is 18.6 Å². The summed E-state index contributed by atoms with van der Waals surface area (Å²) in [6.07, 6.45) is 2.34. The molecule has 0 fully saturated rings. The summed E-state index contributed by atoms with van der Waals surface area (Å²) in [5.74, 6) is 2.97. The number of thiazole rings is 1. The smallest absolute Gasteiger partial charge is 0.239 e. The second kappa shape index (κ2) is 13.9. The molecule has 0 saturated heterocycles. The molecule has 10 nitrogen and oxygen atoms in total. The van der Waals surface area contributed by atoms with Crippen LogP contribution in [0, 0.1) is 12.7 Å². The fourth-order valence-corrected chi connectivity index (χ4v) is 4.60. The number of ether oxygens (including phenoxy) is 3. The van der Waals surface area contributed by atoms with E-state index in [2.05, 4.69) is 34.6 Å². The van der Waals surface area contributed by atoms with Crippen LogP contribution in [0.1, 0.15) is 31.3 Å². The van der Waals surface area contributed by atoms with Gasteiger partial charge in [-0.25, -0.2) is 19.3 Å². The summed E-state index contributed by atoms with van der Waals surface area (Å²) in [7, 11) is 4.88. The third-order valence-corrected chi connectivity index (χ3v) is 6.91. The molecule has 198 valence electrons. The maximum Gasteiger partial charge on any atom is 0.239 e. The lowest BCUT2D eigenvalue weighted by atomic mass is 10.2. The molecule has 1 atom stereocenters. The zero-order valence-electron chi connectivity index (χ0n) is 21.6. The van der Waals surface area contributed by atoms with Crippen LogP contribution in [0.25, 0.3) is 16.5 Å². The van der Waals surface area contributed by atoms with Gasteiger partial charge in [0.15, 0.2) is 16.6 Å². The summed E-state index contributed by atoms with van der Waals surface area (Å²) < 4.78 is 34.0. The zero-order chi connectivity index (χ0) is 26.8. The number of methoxy groups -OCH3 is 3. The van der Waals surface area contributed by atoms with Crippen molar-refractivity contribution >= 4 is 29.2 Å². The molecule has 4 rings (SSSR count). The standard InChI is InChI=1S/C21H22FN7O2S2.C3H8O/c1-12(18-23-8-14(22)9-24-18)10-33-28-21-27-26-19(20-25-13(2)11-32-20)29(21)17-15(30-3)6-5-7-16(17)31-4;1-3-4-2/h5-9,11-12H,10H2,1-4H3,(H,27,28);3H2,1-2H3. The Balaban J connectivity index is 0.000000886. The van der Waals surface area contributed by atoms with Crippen molar-refractivity contribution in [3.8, 4) is 28.0 Å². The van der Waals surface area contributed by atoms with Crippen molar-refractivity contribution in [2.24, 2.45) is 0 Å². The van der Waals surface area contributed by atoms with Crippen molar-refractivity contribution in [1.82, 2.24) is 29.7 Å². The molecule has 0 aliphatic rings. The molecule has 3 aromatic heterocycles. The third-order valence-electron chi connectivity index (χ3n) is 4.97. The summed E-state index contributed by atoms with van der Waals surface area (Å²) >= 11 is 2.90. The zero-order valence-corrected chi connectivity index (χ0v) is 23.2. The lowest BCUT2D eigenvalue weighted by molar-refractivity contribution is 0.215. The Hall–Kier alpha value is -3.29. The molecule has 1 aromatic carbocycles. The fraction of sp³-hybridized carbons (Fsp3) is 0.375. The Morgan fingerprint density at radius 2 is 1.76 bits per heavy atom. The quantitative estimate of drug-likeness (QED) is 0.267. The second-order valence-electron chi connectivity index (χ2n) is 7.64. The molecule has 13 heteroatoms. The first-order valence-electron chi connectivity index (χ1n) is 11.4. The minimum Gasteiger partial charge on any atom is -0.494 e. The van der Waals surface area contributed by atoms with E-state index in [-0.39, 0.29) is 5.92 Å². The molecule has 0 aliphatic carbocycles. The number of aryl methyl sites for hydroxylation is 1. The van der Waals surface area contributed by atoms with Crippen LogP contribution in [0.2, 0.25) is 0 Å². The Bertz CT molecular complexity index is 1240. The van der Waals surface area contributed by atoms with Crippen molar-refractivity contribution in [3.05, 3.63) is 53.3 Å². The van der Waals surface area contributed by atoms with Crippen molar-refractivity contribution in [1.29, 1.82) is 0 Å². The topological polar surface area (TPSA) is 109 Å². The van der Waals surface area contributed by atoms with Crippen LogP contribution < -0.4 is 14.2 Å². The molecule has 3 heterocycles. The van der Waals surface area contributed by atoms with E-state index in [0.29, 0.717) is 40.5 Å². The minimum atomic E-state index is -0.458. The van der Waals surface area contributed by atoms with Crippen LogP contribution in [0.4, 0.5) is 10.3 Å². The number of benzene rings is 1. The van der Waals surface area contributed by atoms with Crippen molar-refractivity contribution in [2.75, 3.05) is 38.4 Å². The number of nitrogens with zero attached hydrogens (tertiary/aromatic N) is 6. The van der Waals surface area contributed by atoms with Gasteiger partial charge >= 0.3 is 0 Å². The van der Waals surface area contributed by atoms with Crippen LogP contribution in [0.15, 0.2) is 36.0 Å². The van der Waals surface area contributed by atoms with E-state index >= 15 is 0 Å². The Kier molecular flexibility index (Phi) is 10.6. The van der Waals surface area contributed by atoms with E-state index in [1.165, 1.54) is 35.7 Å². The molecular weight excluding hydrogens is 517 g/mol. The molecular formula is C24H30FN7O3S2. The van der Waals surface area contributed by atoms with E-state index in [0.717, 1.165) is 17.3 Å². The van der Waals surface area contributed by atoms with Gasteiger partial charge in [0.05, 0.1) is 26.6 Å². The first-order chi connectivity index (χ1) is 17.9. The van der Waals surface area contributed by atoms with E-state index in [1.807, 2.05) is 48.9 Å². The largest absolute Gasteiger partial charge is 0.494 e. The molecule has 0 bridgehead atoms. The van der Waals surface area contributed by atoms with Gasteiger partial charge in [0.25, 0.3) is 0 Å². The summed E-state index contributed by atoms with van der Waals surface area (Å²) in [4.78, 5) is 12.7. The predicted molar refractivity (Wildman–Crippen MR) is 144 cm³/mol. The SMILES string of the molecule is CCOC.COc1cccc(OC)c1-n1c(NSCC(C)c2ncc(F)cn2)nnc1-c1nc(C)cs1. The molecule has 4 aromatic rings. The average molecular weight is 548 g/mol. The maximum atomic E-state index is 13.1. The van der Waals surface area contributed by atoms with E-state index in [4.69, 9.17) is 9.47 Å². The van der Waals surface area contributed by atoms with Gasteiger partial charge in [-0.3, -0.25) is 9.29 Å². The lowest BCUT2D eigenvalue weighted by Gasteiger charge is -2.17. The van der Waals surface area contributed by atoms with Gasteiger partial charge in [-0.05, 0) is 37.9 Å². The number of para-hydroxylation sites is 1. The number of hydrogen-bond donors (Lipinski definition) is 1. The number of anilines is 1. The van der Waals surface area contributed by atoms with Crippen LogP contribution in [0.5, 0.6) is 11.5 Å². The van der Waals surface area contributed by atoms with Gasteiger partial charge in [0.2, 0.25) is 5.95 Å². The molecule has 37 heavy (non-hydrogen) atoms. The highest BCUT2D eigenvalue weighted by Crippen LogP contribution is 2.38. The maximum absolute atomic E-state index is 13.1. The molecule has 0 aliphatic heterocycles. The number of rotatable bonds is 10. The Morgan fingerprint density at radius 1 is 1.11 bits per heavy atom. The van der Waals surface area contributed by atoms with Crippen molar-refractivity contribution in [3.63, 3.8) is 0 Å². The normalized spacial score (nSPS) is 11.4. The highest BCUT2D eigenvalue weighted by Gasteiger charge is 2.24. The highest BCUT2D eigenvalue weighted by molar-refractivity contribution is 8.00. The molecule has 0 saturated carbocycles. The van der Waals surface area contributed by atoms with Crippen molar-refractivity contribution in [2.45, 2.75) is 26.7 Å². The van der Waals surface area contributed by atoms with Crippen LogP contribution >= 0.6 is 23.3 Å². The Labute approximate surface area is 223 Å². The second-order valence-corrected chi connectivity index (χ2v) is 9.32. The average Bonchev–Trinajstić information content (AvgIpc) is 3.54. The van der Waals surface area contributed by atoms with Gasteiger partial charge in [0.1, 0.15) is 23.0 Å². The predicted octanol–water partition coefficient (Wildman–Crippen LogP) is 5.16. The van der Waals surface area contributed by atoms with Gasteiger partial charge in [0, 0.05) is 36.5 Å². The first-order valence-corrected chi connectivity index (χ1v) is 13.2. The number of aromatic nitrogens is 6. The molecule has 0 radical (unpaired) electrons. The van der Waals surface area contributed by atoms with Crippen LogP contribution in [-0.2, 0) is 4.74 Å². The van der Waals surface area contributed by atoms with E-state index in [1.54, 1.807) is 21.3 Å². The highest BCUT2D eigenvalue weighted by atomic mass is 32.2. The monoisotopic (exact) mass is 547 g/mol. The number of halogens is 1.